The molecule has 22 heavy (non-hydrogen) atoms. The van der Waals surface area contributed by atoms with Gasteiger partial charge >= 0.3 is 0 Å². The van der Waals surface area contributed by atoms with Crippen molar-refractivity contribution >= 4 is 5.96 Å². The summed E-state index contributed by atoms with van der Waals surface area (Å²) in [5.74, 6) is 0.690. The normalized spacial score (nSPS) is 17.9. The van der Waals surface area contributed by atoms with E-state index in [0.29, 0.717) is 11.7 Å². The zero-order valence-corrected chi connectivity index (χ0v) is 12.7. The number of benzene rings is 1. The molecular weight excluding hydrogens is 285 g/mol. The average molecular weight is 309 g/mol. The molecular formula is C16H24FN3O2. The van der Waals surface area contributed by atoms with Crippen LogP contribution in [0.15, 0.2) is 29.3 Å². The molecule has 1 saturated heterocycles. The Labute approximate surface area is 130 Å². The summed E-state index contributed by atoms with van der Waals surface area (Å²) < 4.78 is 18.1. The fourth-order valence-electron chi connectivity index (χ4n) is 2.37. The standard InChI is InChI=1S/C16H24FN3O2/c17-13-5-7-15(8-6-13)22-12-14(21)11-19-16(18)20-9-3-1-2-4-10-20/h5-8,14,21H,1-4,9-12H2,(H2,18,19). The number of rotatable bonds is 5. The molecule has 1 unspecified atom stereocenters. The van der Waals surface area contributed by atoms with E-state index in [0.717, 1.165) is 25.9 Å². The molecule has 1 fully saturated rings. The molecule has 0 saturated carbocycles. The predicted octanol–water partition coefficient (Wildman–Crippen LogP) is 1.76. The van der Waals surface area contributed by atoms with Crippen LogP contribution in [-0.4, -0.2) is 48.3 Å². The van der Waals surface area contributed by atoms with E-state index in [9.17, 15) is 9.50 Å². The van der Waals surface area contributed by atoms with Crippen LogP contribution in [0, 0.1) is 5.82 Å². The van der Waals surface area contributed by atoms with Crippen LogP contribution in [0.5, 0.6) is 5.75 Å². The topological polar surface area (TPSA) is 71.1 Å². The molecule has 6 heteroatoms. The number of halogens is 1. The molecule has 0 aromatic heterocycles. The van der Waals surface area contributed by atoms with E-state index in [1.54, 1.807) is 0 Å². The van der Waals surface area contributed by atoms with Gasteiger partial charge in [-0.1, -0.05) is 12.8 Å². The van der Waals surface area contributed by atoms with E-state index in [4.69, 9.17) is 10.5 Å². The van der Waals surface area contributed by atoms with Crippen molar-refractivity contribution in [3.8, 4) is 5.75 Å². The Morgan fingerprint density at radius 2 is 1.86 bits per heavy atom. The van der Waals surface area contributed by atoms with Crippen LogP contribution in [0.3, 0.4) is 0 Å². The lowest BCUT2D eigenvalue weighted by Gasteiger charge is -2.21. The second-order valence-corrected chi connectivity index (χ2v) is 5.52. The number of guanidine groups is 1. The molecule has 1 aliphatic heterocycles. The maximum atomic E-state index is 12.8. The van der Waals surface area contributed by atoms with Crippen LogP contribution in [0.1, 0.15) is 25.7 Å². The van der Waals surface area contributed by atoms with Crippen LogP contribution in [0.2, 0.25) is 0 Å². The maximum absolute atomic E-state index is 12.8. The van der Waals surface area contributed by atoms with E-state index in [-0.39, 0.29) is 19.0 Å². The van der Waals surface area contributed by atoms with Crippen molar-refractivity contribution < 1.29 is 14.2 Å². The monoisotopic (exact) mass is 309 g/mol. The molecule has 1 aromatic rings. The summed E-state index contributed by atoms with van der Waals surface area (Å²) in [4.78, 5) is 6.32. The Kier molecular flexibility index (Phi) is 6.45. The molecule has 1 aromatic carbocycles. The number of hydrogen-bond donors (Lipinski definition) is 2. The molecule has 1 atom stereocenters. The van der Waals surface area contributed by atoms with Crippen molar-refractivity contribution in [2.75, 3.05) is 26.2 Å². The molecule has 1 heterocycles. The molecule has 0 amide bonds. The first-order valence-electron chi connectivity index (χ1n) is 7.76. The lowest BCUT2D eigenvalue weighted by Crippen LogP contribution is -2.38. The van der Waals surface area contributed by atoms with Crippen molar-refractivity contribution in [2.24, 2.45) is 10.7 Å². The highest BCUT2D eigenvalue weighted by Gasteiger charge is 2.12. The summed E-state index contributed by atoms with van der Waals surface area (Å²) in [6, 6.07) is 5.68. The SMILES string of the molecule is NC(=NCC(O)COc1ccc(F)cc1)N1CCCCCC1. The van der Waals surface area contributed by atoms with Crippen LogP contribution in [0.25, 0.3) is 0 Å². The second kappa shape index (κ2) is 8.58. The minimum absolute atomic E-state index is 0.0996. The Bertz CT molecular complexity index is 471. The second-order valence-electron chi connectivity index (χ2n) is 5.52. The summed E-state index contributed by atoms with van der Waals surface area (Å²) in [6.07, 6.45) is 3.99. The average Bonchev–Trinajstić information content (AvgIpc) is 2.81. The number of aliphatic hydroxyl groups excluding tert-OH is 1. The van der Waals surface area contributed by atoms with Gasteiger partial charge in [0.05, 0.1) is 6.54 Å². The molecule has 5 nitrogen and oxygen atoms in total. The van der Waals surface area contributed by atoms with Gasteiger partial charge in [-0.2, -0.15) is 0 Å². The fourth-order valence-corrected chi connectivity index (χ4v) is 2.37. The van der Waals surface area contributed by atoms with E-state index in [1.165, 1.54) is 37.1 Å². The van der Waals surface area contributed by atoms with Gasteiger partial charge in [0.1, 0.15) is 24.3 Å². The predicted molar refractivity (Wildman–Crippen MR) is 84.4 cm³/mol. The minimum atomic E-state index is -0.740. The Hall–Kier alpha value is -1.82. The third-order valence-electron chi connectivity index (χ3n) is 3.65. The van der Waals surface area contributed by atoms with Crippen LogP contribution < -0.4 is 10.5 Å². The van der Waals surface area contributed by atoms with E-state index >= 15 is 0 Å². The van der Waals surface area contributed by atoms with Gasteiger partial charge in [-0.15, -0.1) is 0 Å². The van der Waals surface area contributed by atoms with Crippen LogP contribution >= 0.6 is 0 Å². The first-order chi connectivity index (χ1) is 10.6. The molecule has 0 radical (unpaired) electrons. The van der Waals surface area contributed by atoms with Gasteiger partial charge in [0, 0.05) is 13.1 Å². The number of aliphatic hydroxyl groups is 1. The Morgan fingerprint density at radius 3 is 2.50 bits per heavy atom. The van der Waals surface area contributed by atoms with Crippen molar-refractivity contribution in [3.05, 3.63) is 30.1 Å². The van der Waals surface area contributed by atoms with Gasteiger partial charge in [-0.25, -0.2) is 4.39 Å². The number of nitrogens with zero attached hydrogens (tertiary/aromatic N) is 2. The quantitative estimate of drug-likeness (QED) is 0.642. The van der Waals surface area contributed by atoms with Crippen LogP contribution in [-0.2, 0) is 0 Å². The number of likely N-dealkylation sites (tertiary alicyclic amines) is 1. The summed E-state index contributed by atoms with van der Waals surface area (Å²) in [5.41, 5.74) is 5.97. The molecule has 0 aliphatic carbocycles. The van der Waals surface area contributed by atoms with Crippen molar-refractivity contribution in [3.63, 3.8) is 0 Å². The van der Waals surface area contributed by atoms with Gasteiger partial charge in [0.25, 0.3) is 0 Å². The van der Waals surface area contributed by atoms with Crippen molar-refractivity contribution in [2.45, 2.75) is 31.8 Å². The van der Waals surface area contributed by atoms with Gasteiger partial charge in [-0.3, -0.25) is 4.99 Å². The summed E-state index contributed by atoms with van der Waals surface area (Å²) in [6.45, 7) is 2.15. The number of hydrogen-bond acceptors (Lipinski definition) is 3. The number of aliphatic imine (C=N–C) groups is 1. The maximum Gasteiger partial charge on any atom is 0.191 e. The third kappa shape index (κ3) is 5.52. The smallest absolute Gasteiger partial charge is 0.191 e. The highest BCUT2D eigenvalue weighted by atomic mass is 19.1. The molecule has 2 rings (SSSR count). The Balaban J connectivity index is 1.74. The highest BCUT2D eigenvalue weighted by Crippen LogP contribution is 2.11. The summed E-state index contributed by atoms with van der Waals surface area (Å²) >= 11 is 0. The zero-order chi connectivity index (χ0) is 15.8. The summed E-state index contributed by atoms with van der Waals surface area (Å²) in [5, 5.41) is 9.89. The van der Waals surface area contributed by atoms with E-state index in [1.807, 2.05) is 0 Å². The third-order valence-corrected chi connectivity index (χ3v) is 3.65. The first kappa shape index (κ1) is 16.5. The fraction of sp³-hybridized carbons (Fsp3) is 0.562. The van der Waals surface area contributed by atoms with Crippen molar-refractivity contribution in [1.29, 1.82) is 0 Å². The van der Waals surface area contributed by atoms with Gasteiger partial charge in [0.15, 0.2) is 5.96 Å². The minimum Gasteiger partial charge on any atom is -0.491 e. The molecule has 3 N–H and O–H groups in total. The largest absolute Gasteiger partial charge is 0.491 e. The summed E-state index contributed by atoms with van der Waals surface area (Å²) in [7, 11) is 0. The van der Waals surface area contributed by atoms with E-state index in [2.05, 4.69) is 9.89 Å². The molecule has 0 bridgehead atoms. The zero-order valence-electron chi connectivity index (χ0n) is 12.7. The number of ether oxygens (including phenoxy) is 1. The highest BCUT2D eigenvalue weighted by molar-refractivity contribution is 5.78. The lowest BCUT2D eigenvalue weighted by atomic mass is 10.2. The first-order valence-corrected chi connectivity index (χ1v) is 7.76. The lowest BCUT2D eigenvalue weighted by molar-refractivity contribution is 0.114. The number of nitrogens with two attached hydrogens (primary N) is 1. The van der Waals surface area contributed by atoms with Crippen molar-refractivity contribution in [1.82, 2.24) is 4.90 Å². The van der Waals surface area contributed by atoms with Gasteiger partial charge in [0.2, 0.25) is 0 Å². The van der Waals surface area contributed by atoms with Crippen LogP contribution in [0.4, 0.5) is 4.39 Å². The van der Waals surface area contributed by atoms with Gasteiger partial charge in [-0.05, 0) is 37.1 Å². The van der Waals surface area contributed by atoms with Gasteiger partial charge < -0.3 is 20.5 Å². The molecule has 122 valence electrons. The Morgan fingerprint density at radius 1 is 1.23 bits per heavy atom. The molecule has 0 spiro atoms. The molecule has 1 aliphatic rings. The van der Waals surface area contributed by atoms with E-state index < -0.39 is 6.10 Å².